The number of aromatic hydroxyl groups is 1. The van der Waals surface area contributed by atoms with Crippen LogP contribution in [0.3, 0.4) is 0 Å². The van der Waals surface area contributed by atoms with Crippen molar-refractivity contribution in [1.29, 1.82) is 10.5 Å². The van der Waals surface area contributed by atoms with Crippen molar-refractivity contribution < 1.29 is 88.5 Å². The topological polar surface area (TPSA) is 208 Å². The Bertz CT molecular complexity index is 3810. The molecule has 0 bridgehead atoms. The van der Waals surface area contributed by atoms with E-state index in [1.807, 2.05) is 54.9 Å². The number of pyridine rings is 2. The summed E-state index contributed by atoms with van der Waals surface area (Å²) in [5, 5.41) is 31.0. The third-order valence-corrected chi connectivity index (χ3v) is 14.9. The Morgan fingerprint density at radius 3 is 1.49 bits per heavy atom. The lowest BCUT2D eigenvalue weighted by Crippen LogP contribution is -3.00. The fourth-order valence-corrected chi connectivity index (χ4v) is 10.5. The Morgan fingerprint density at radius 2 is 1.03 bits per heavy atom. The molecule has 8 aromatic rings. The number of benzene rings is 6. The smallest absolute Gasteiger partial charge is 0.339 e. The molecule has 4 aliphatic rings. The Balaban J connectivity index is 0.000000162. The highest BCUT2D eigenvalue weighted by Crippen LogP contribution is 2.44. The number of fused-ring (bicyclic) bond motifs is 10. The van der Waals surface area contributed by atoms with Gasteiger partial charge in [0.25, 0.3) is 9.05 Å². The number of nitriles is 2. The highest BCUT2D eigenvalue weighted by Gasteiger charge is 2.31. The second-order valence-electron chi connectivity index (χ2n) is 16.4. The maximum absolute atomic E-state index is 13.1. The summed E-state index contributed by atoms with van der Waals surface area (Å²) in [7, 11) is 0.236. The highest BCUT2D eigenvalue weighted by atomic mass is 35.7. The van der Waals surface area contributed by atoms with E-state index in [0.29, 0.717) is 40.3 Å². The molecule has 0 amide bonds. The zero-order valence-electron chi connectivity index (χ0n) is 38.5. The third kappa shape index (κ3) is 10.1. The lowest BCUT2D eigenvalue weighted by molar-refractivity contribution is -0.686. The van der Waals surface area contributed by atoms with Crippen molar-refractivity contribution >= 4 is 51.4 Å². The van der Waals surface area contributed by atoms with Gasteiger partial charge in [-0.2, -0.15) is 28.1 Å². The summed E-state index contributed by atoms with van der Waals surface area (Å²) in [6.45, 7) is 2.05. The van der Waals surface area contributed by atoms with Crippen LogP contribution < -0.4 is 66.6 Å². The van der Waals surface area contributed by atoms with Gasteiger partial charge >= 0.3 is 10.1 Å². The highest BCUT2D eigenvalue weighted by molar-refractivity contribution is 8.13. The molecule has 0 spiro atoms. The first-order valence-corrected chi connectivity index (χ1v) is 25.5. The van der Waals surface area contributed by atoms with Crippen LogP contribution in [0, 0.1) is 22.7 Å². The van der Waals surface area contributed by atoms with Gasteiger partial charge in [0, 0.05) is 35.7 Å². The molecule has 4 aliphatic heterocycles. The van der Waals surface area contributed by atoms with Gasteiger partial charge in [-0.1, -0.05) is 0 Å². The van der Waals surface area contributed by atoms with Gasteiger partial charge in [0.15, 0.2) is 71.5 Å². The van der Waals surface area contributed by atoms with E-state index in [1.165, 1.54) is 66.8 Å². The fourth-order valence-electron chi connectivity index (χ4n) is 8.76. The number of rotatable bonds is 6. The fraction of sp³-hybridized carbons (Fsp3) is 0.154. The summed E-state index contributed by atoms with van der Waals surface area (Å²) in [5.41, 5.74) is 7.50. The molecule has 0 aliphatic carbocycles. The van der Waals surface area contributed by atoms with Gasteiger partial charge in [-0.3, -0.25) is 0 Å². The summed E-state index contributed by atoms with van der Waals surface area (Å²) in [6, 6.07) is 34.4. The minimum atomic E-state index is -4.17. The number of phenolic OH excluding ortho intramolecular Hbond substituents is 1. The van der Waals surface area contributed by atoms with Crippen LogP contribution in [0.25, 0.3) is 44.1 Å². The quantitative estimate of drug-likeness (QED) is 0.144. The lowest BCUT2D eigenvalue weighted by Gasteiger charge is -2.18. The van der Waals surface area contributed by atoms with E-state index in [2.05, 4.69) is 27.3 Å². The maximum Gasteiger partial charge on any atom is 0.339 e. The molecule has 21 heteroatoms. The zero-order valence-corrected chi connectivity index (χ0v) is 42.4. The normalized spacial score (nSPS) is 13.0. The molecule has 0 saturated heterocycles. The number of ether oxygens (including phenoxy) is 6. The first-order chi connectivity index (χ1) is 34.2. The Morgan fingerprint density at radius 1 is 0.589 bits per heavy atom. The van der Waals surface area contributed by atoms with E-state index in [1.54, 1.807) is 19.2 Å². The predicted molar refractivity (Wildman–Crippen MR) is 257 cm³/mol. The minimum absolute atomic E-state index is 0. The van der Waals surface area contributed by atoms with Crippen LogP contribution in [0.15, 0.2) is 131 Å². The van der Waals surface area contributed by atoms with E-state index < -0.39 is 19.2 Å². The van der Waals surface area contributed by atoms with E-state index in [4.69, 9.17) is 53.8 Å². The Hall–Kier alpha value is -7.71. The van der Waals surface area contributed by atoms with Crippen molar-refractivity contribution in [2.24, 2.45) is 0 Å². The van der Waals surface area contributed by atoms with Gasteiger partial charge in [0.1, 0.15) is 4.90 Å². The van der Waals surface area contributed by atoms with Crippen LogP contribution in [-0.2, 0) is 45.1 Å². The van der Waals surface area contributed by atoms with E-state index >= 15 is 0 Å². The molecule has 73 heavy (non-hydrogen) atoms. The van der Waals surface area contributed by atoms with Crippen molar-refractivity contribution in [3.63, 3.8) is 0 Å². The van der Waals surface area contributed by atoms with Crippen LogP contribution in [0.5, 0.6) is 46.0 Å². The number of phenols is 1. The standard InChI is InChI=1S/C26H19N2O6S.C19H15NO4.C7H4ClNO2S.2ClH/c1-31-23-7-4-17-10-22-20-12-25-24(32-15-33-25)11-18(20)8-9-28(22)14-21(17)26(23)34-35(29,30)19-5-2-16(13-27)3-6-19;1-22-16-3-2-11-6-15-13-8-18-17(23-10-24-18)7-12(13)4-5-20(15)9-14(11)19(16)21;8-12(10,11)7-3-1-6(5-9)2-4-7;;/h2-7,10-12,14H,8-9,15H2,1H3;2-3,6-9H,4-5,10H2,1H3;1-4H;2*1H/q+1;;;;/p-1. The average Bonchev–Trinajstić information content (AvgIpc) is 4.06. The van der Waals surface area contributed by atoms with Crippen molar-refractivity contribution in [3.8, 4) is 80.6 Å². The van der Waals surface area contributed by atoms with Gasteiger partial charge in [0.05, 0.1) is 64.3 Å². The molecular formula is C52H39Cl3N4O12S2. The van der Waals surface area contributed by atoms with E-state index in [-0.39, 0.29) is 59.7 Å². The van der Waals surface area contributed by atoms with Crippen LogP contribution in [-0.4, -0.2) is 49.7 Å². The van der Waals surface area contributed by atoms with Crippen molar-refractivity contribution in [3.05, 3.63) is 144 Å². The third-order valence-electron chi connectivity index (χ3n) is 12.3. The average molecular weight is 1080 g/mol. The van der Waals surface area contributed by atoms with Crippen molar-refractivity contribution in [1.82, 2.24) is 0 Å². The monoisotopic (exact) mass is 1080 g/mol. The Labute approximate surface area is 436 Å². The summed E-state index contributed by atoms with van der Waals surface area (Å²) in [6.07, 6.45) is 5.60. The number of methoxy groups -OCH3 is 2. The Kier molecular flexibility index (Phi) is 14.7. The largest absolute Gasteiger partial charge is 1.00 e. The molecule has 12 rings (SSSR count). The van der Waals surface area contributed by atoms with Gasteiger partial charge in [-0.05, 0) is 119 Å². The van der Waals surface area contributed by atoms with E-state index in [0.717, 1.165) is 75.3 Å². The first kappa shape index (κ1) is 51.6. The molecule has 0 atom stereocenters. The molecule has 16 nitrogen and oxygen atoms in total. The maximum atomic E-state index is 13.1. The number of halogens is 3. The molecule has 0 fully saturated rings. The van der Waals surface area contributed by atoms with Crippen LogP contribution in [0.2, 0.25) is 0 Å². The molecule has 1 N–H and O–H groups in total. The van der Waals surface area contributed by atoms with Crippen LogP contribution in [0.1, 0.15) is 22.3 Å². The van der Waals surface area contributed by atoms with Crippen LogP contribution in [0.4, 0.5) is 0 Å². The second kappa shape index (κ2) is 20.8. The van der Waals surface area contributed by atoms with Gasteiger partial charge in [-0.15, -0.1) is 0 Å². The molecular weight excluding hydrogens is 1040 g/mol. The minimum Gasteiger partial charge on any atom is -1.00 e. The van der Waals surface area contributed by atoms with Gasteiger partial charge in [-0.25, -0.2) is 8.42 Å². The second-order valence-corrected chi connectivity index (χ2v) is 20.5. The molecule has 0 saturated carbocycles. The molecule has 6 aromatic carbocycles. The van der Waals surface area contributed by atoms with E-state index in [9.17, 15) is 21.9 Å². The van der Waals surface area contributed by atoms with Gasteiger partial charge in [0.2, 0.25) is 25.0 Å². The lowest BCUT2D eigenvalue weighted by atomic mass is 9.95. The summed E-state index contributed by atoms with van der Waals surface area (Å²) in [5.74, 6) is 4.17. The summed E-state index contributed by atoms with van der Waals surface area (Å²) < 4.78 is 90.3. The molecule has 2 aromatic heterocycles. The first-order valence-electron chi connectivity index (χ1n) is 21.8. The summed E-state index contributed by atoms with van der Waals surface area (Å²) in [4.78, 5) is -0.0469. The summed E-state index contributed by atoms with van der Waals surface area (Å²) >= 11 is 0. The number of aryl methyl sites for hydroxylation is 4. The molecule has 6 heterocycles. The number of hydrogen-bond donors (Lipinski definition) is 1. The molecule has 0 unspecified atom stereocenters. The predicted octanol–water partition coefficient (Wildman–Crippen LogP) is 2.01. The molecule has 0 radical (unpaired) electrons. The van der Waals surface area contributed by atoms with Crippen molar-refractivity contribution in [2.75, 3.05) is 27.8 Å². The van der Waals surface area contributed by atoms with Crippen molar-refractivity contribution in [2.45, 2.75) is 35.7 Å². The number of nitrogens with zero attached hydrogens (tertiary/aromatic N) is 4. The van der Waals surface area contributed by atoms with Crippen LogP contribution >= 0.6 is 10.7 Å². The SMILES string of the molecule is COc1ccc2cc3[n+](cc2c1O)CCc1cc2c(cc1-3)OCO2.COc1ccc2cc3[n+](cc2c1OS(=O)(=O)c1ccc(C#N)cc1)CCc1cc2c(cc1-3)OCO2.N#Cc1ccc(S(=O)(=O)Cl)cc1.[Cl-].[Cl-]. The number of aromatic nitrogens is 2. The zero-order chi connectivity index (χ0) is 49.6. The number of hydrogen-bond acceptors (Lipinski definition) is 14. The van der Waals surface area contributed by atoms with Gasteiger partial charge < -0.3 is 62.5 Å². The molecule has 372 valence electrons.